The molecule has 150 valence electrons. The summed E-state index contributed by atoms with van der Waals surface area (Å²) in [5, 5.41) is 17.2. The number of aromatic nitrogens is 1. The number of benzene rings is 5. The highest BCUT2D eigenvalue weighted by atomic mass is 35.5. The highest BCUT2D eigenvalue weighted by Crippen LogP contribution is 2.40. The third-order valence-corrected chi connectivity index (χ3v) is 6.33. The Balaban J connectivity index is 1.72. The lowest BCUT2D eigenvalue weighted by molar-refractivity contribution is 1.22. The van der Waals surface area contributed by atoms with Gasteiger partial charge in [0.25, 0.3) is 5.56 Å². The molecular weight excluding hydrogens is 416 g/mol. The van der Waals surface area contributed by atoms with Gasteiger partial charge >= 0.3 is 0 Å². The van der Waals surface area contributed by atoms with Crippen LogP contribution in [0.25, 0.3) is 54.7 Å². The zero-order valence-electron chi connectivity index (χ0n) is 16.8. The zero-order chi connectivity index (χ0) is 21.8. The molecule has 0 aliphatic carbocycles. The number of aromatic amines is 1. The first kappa shape index (κ1) is 18.6. The van der Waals surface area contributed by atoms with Crippen molar-refractivity contribution in [2.75, 3.05) is 0 Å². The molecular formula is C28H15ClN2O. The van der Waals surface area contributed by atoms with Crippen molar-refractivity contribution in [1.82, 2.24) is 4.98 Å². The molecule has 0 atom stereocenters. The number of H-pyrrole nitrogens is 1. The molecule has 6 aromatic rings. The number of hydrogen-bond donors (Lipinski definition) is 1. The Kier molecular flexibility index (Phi) is 4.04. The van der Waals surface area contributed by atoms with Crippen LogP contribution in [0.3, 0.4) is 0 Å². The van der Waals surface area contributed by atoms with Gasteiger partial charge in [-0.2, -0.15) is 5.26 Å². The van der Waals surface area contributed by atoms with Crippen LogP contribution in [0.4, 0.5) is 0 Å². The fourth-order valence-corrected chi connectivity index (χ4v) is 4.86. The van der Waals surface area contributed by atoms with Crippen molar-refractivity contribution in [3.05, 3.63) is 106 Å². The Morgan fingerprint density at radius 3 is 2.19 bits per heavy atom. The van der Waals surface area contributed by atoms with E-state index in [2.05, 4.69) is 59.6 Å². The molecule has 0 saturated heterocycles. The minimum absolute atomic E-state index is 0.103. The second kappa shape index (κ2) is 6.95. The molecule has 0 amide bonds. The Morgan fingerprint density at radius 2 is 1.44 bits per heavy atom. The number of pyridine rings is 1. The Hall–Kier alpha value is -4.13. The summed E-state index contributed by atoms with van der Waals surface area (Å²) in [6.07, 6.45) is 0. The molecule has 1 N–H and O–H groups in total. The summed E-state index contributed by atoms with van der Waals surface area (Å²) in [5.41, 5.74) is 2.58. The highest BCUT2D eigenvalue weighted by Gasteiger charge is 2.17. The van der Waals surface area contributed by atoms with Crippen molar-refractivity contribution < 1.29 is 0 Å². The number of nitrogens with one attached hydrogen (secondary N) is 1. The van der Waals surface area contributed by atoms with Crippen LogP contribution in [0.1, 0.15) is 5.56 Å². The summed E-state index contributed by atoms with van der Waals surface area (Å²) < 4.78 is 0. The predicted molar refractivity (Wildman–Crippen MR) is 131 cm³/mol. The van der Waals surface area contributed by atoms with Crippen molar-refractivity contribution in [3.8, 4) is 28.5 Å². The lowest BCUT2D eigenvalue weighted by atomic mass is 9.88. The summed E-state index contributed by atoms with van der Waals surface area (Å²) in [6.45, 7) is 0. The van der Waals surface area contributed by atoms with Gasteiger partial charge in [0.2, 0.25) is 0 Å². The quantitative estimate of drug-likeness (QED) is 0.297. The van der Waals surface area contributed by atoms with E-state index in [0.717, 1.165) is 27.3 Å². The average Bonchev–Trinajstić information content (AvgIpc) is 2.82. The Bertz CT molecular complexity index is 1760. The SMILES string of the molecule is N#Cc1c(-c2ccc3ccc4cccc5ccc2c3c45)cc(-c2cccc(Cl)c2)[nH]c1=O. The van der Waals surface area contributed by atoms with Crippen molar-refractivity contribution in [1.29, 1.82) is 5.26 Å². The van der Waals surface area contributed by atoms with Crippen LogP contribution in [-0.2, 0) is 0 Å². The van der Waals surface area contributed by atoms with E-state index in [9.17, 15) is 10.1 Å². The standard InChI is InChI=1S/C28H15ClN2O/c29-20-6-2-5-19(13-20)25-14-23(24(15-30)28(32)31-25)21-11-9-18-8-7-16-3-1-4-17-10-12-22(21)27(18)26(16)17/h1-14H,(H,31,32). The van der Waals surface area contributed by atoms with E-state index in [1.54, 1.807) is 12.1 Å². The zero-order valence-corrected chi connectivity index (χ0v) is 17.6. The molecule has 0 fully saturated rings. The van der Waals surface area contributed by atoms with Gasteiger partial charge in [0.15, 0.2) is 0 Å². The maximum atomic E-state index is 12.9. The highest BCUT2D eigenvalue weighted by molar-refractivity contribution is 6.30. The third-order valence-electron chi connectivity index (χ3n) is 6.10. The topological polar surface area (TPSA) is 56.6 Å². The Morgan fingerprint density at radius 1 is 0.750 bits per heavy atom. The maximum Gasteiger partial charge on any atom is 0.266 e. The minimum Gasteiger partial charge on any atom is -0.321 e. The fraction of sp³-hybridized carbons (Fsp3) is 0. The molecule has 0 saturated carbocycles. The number of rotatable bonds is 2. The fourth-order valence-electron chi connectivity index (χ4n) is 4.66. The van der Waals surface area contributed by atoms with Crippen LogP contribution < -0.4 is 5.56 Å². The van der Waals surface area contributed by atoms with Gasteiger partial charge in [0.05, 0.1) is 0 Å². The number of nitrogens with zero attached hydrogens (tertiary/aromatic N) is 1. The molecule has 0 bridgehead atoms. The lowest BCUT2D eigenvalue weighted by Gasteiger charge is -2.15. The molecule has 0 aliphatic rings. The number of nitriles is 1. The van der Waals surface area contributed by atoms with Gasteiger partial charge in [-0.15, -0.1) is 0 Å². The summed E-state index contributed by atoms with van der Waals surface area (Å²) in [4.78, 5) is 15.7. The average molecular weight is 431 g/mol. The lowest BCUT2D eigenvalue weighted by Crippen LogP contribution is -2.12. The van der Waals surface area contributed by atoms with Gasteiger partial charge in [0, 0.05) is 16.3 Å². The first-order valence-corrected chi connectivity index (χ1v) is 10.6. The molecule has 1 aromatic heterocycles. The van der Waals surface area contributed by atoms with Crippen molar-refractivity contribution in [2.24, 2.45) is 0 Å². The van der Waals surface area contributed by atoms with Gasteiger partial charge in [0.1, 0.15) is 11.6 Å². The van der Waals surface area contributed by atoms with Gasteiger partial charge < -0.3 is 4.98 Å². The van der Waals surface area contributed by atoms with Gasteiger partial charge in [-0.3, -0.25) is 4.79 Å². The van der Waals surface area contributed by atoms with E-state index >= 15 is 0 Å². The van der Waals surface area contributed by atoms with Crippen molar-refractivity contribution in [2.45, 2.75) is 0 Å². The molecule has 0 radical (unpaired) electrons. The first-order chi connectivity index (χ1) is 15.6. The first-order valence-electron chi connectivity index (χ1n) is 10.2. The molecule has 0 spiro atoms. The van der Waals surface area contributed by atoms with E-state index in [4.69, 9.17) is 11.6 Å². The molecule has 32 heavy (non-hydrogen) atoms. The van der Waals surface area contributed by atoms with Crippen molar-refractivity contribution >= 4 is 43.9 Å². The molecule has 0 unspecified atom stereocenters. The normalized spacial score (nSPS) is 11.4. The second-order valence-corrected chi connectivity index (χ2v) is 8.33. The van der Waals surface area contributed by atoms with Gasteiger partial charge in [-0.1, -0.05) is 78.3 Å². The minimum atomic E-state index is -0.411. The molecule has 6 rings (SSSR count). The third kappa shape index (κ3) is 2.71. The van der Waals surface area contributed by atoms with Gasteiger partial charge in [-0.05, 0) is 61.6 Å². The van der Waals surface area contributed by atoms with E-state index in [1.807, 2.05) is 24.3 Å². The Labute approximate surface area is 188 Å². The van der Waals surface area contributed by atoms with E-state index in [-0.39, 0.29) is 5.56 Å². The van der Waals surface area contributed by atoms with E-state index < -0.39 is 5.56 Å². The maximum absolute atomic E-state index is 12.9. The monoisotopic (exact) mass is 430 g/mol. The van der Waals surface area contributed by atoms with Crippen LogP contribution in [0, 0.1) is 11.3 Å². The predicted octanol–water partition coefficient (Wildman–Crippen LogP) is 7.13. The van der Waals surface area contributed by atoms with Crippen LogP contribution >= 0.6 is 11.6 Å². The molecule has 3 nitrogen and oxygen atoms in total. The van der Waals surface area contributed by atoms with Crippen LogP contribution in [-0.4, -0.2) is 4.98 Å². The second-order valence-electron chi connectivity index (χ2n) is 7.89. The van der Waals surface area contributed by atoms with Gasteiger partial charge in [-0.25, -0.2) is 0 Å². The largest absolute Gasteiger partial charge is 0.321 e. The van der Waals surface area contributed by atoms with Crippen LogP contribution in [0.5, 0.6) is 0 Å². The molecule has 0 aliphatic heterocycles. The van der Waals surface area contributed by atoms with Crippen LogP contribution in [0.15, 0.2) is 89.7 Å². The van der Waals surface area contributed by atoms with E-state index in [0.29, 0.717) is 16.3 Å². The summed E-state index contributed by atoms with van der Waals surface area (Å²) in [6, 6.07) is 30.1. The number of halogens is 1. The van der Waals surface area contributed by atoms with E-state index in [1.165, 1.54) is 16.2 Å². The van der Waals surface area contributed by atoms with Crippen LogP contribution in [0.2, 0.25) is 5.02 Å². The summed E-state index contributed by atoms with van der Waals surface area (Å²) >= 11 is 6.17. The van der Waals surface area contributed by atoms with Crippen molar-refractivity contribution in [3.63, 3.8) is 0 Å². The summed E-state index contributed by atoms with van der Waals surface area (Å²) in [5.74, 6) is 0. The molecule has 5 aromatic carbocycles. The molecule has 4 heteroatoms. The number of hydrogen-bond acceptors (Lipinski definition) is 2. The summed E-state index contributed by atoms with van der Waals surface area (Å²) in [7, 11) is 0. The smallest absolute Gasteiger partial charge is 0.266 e. The molecule has 1 heterocycles.